The lowest BCUT2D eigenvalue weighted by Crippen LogP contribution is -2.54. The Hall–Kier alpha value is -0.0352. The number of likely N-dealkylation sites (tertiary alicyclic amines) is 1. The molecule has 1 aromatic carbocycles. The van der Waals surface area contributed by atoms with Gasteiger partial charge in [-0.2, -0.15) is 12.6 Å². The van der Waals surface area contributed by atoms with E-state index in [-0.39, 0.29) is 10.8 Å². The van der Waals surface area contributed by atoms with E-state index in [1.54, 1.807) is 0 Å². The lowest BCUT2D eigenvalue weighted by Gasteiger charge is -2.51. The van der Waals surface area contributed by atoms with Crippen LogP contribution in [0.1, 0.15) is 42.4 Å². The van der Waals surface area contributed by atoms with Crippen LogP contribution in [0.3, 0.4) is 0 Å². The molecular formula is C17H21B3N2S3. The van der Waals surface area contributed by atoms with E-state index in [0.717, 1.165) is 40.4 Å². The lowest BCUT2D eigenvalue weighted by molar-refractivity contribution is 0.122. The molecule has 0 saturated carbocycles. The van der Waals surface area contributed by atoms with Crippen molar-refractivity contribution in [3.05, 3.63) is 16.7 Å². The molecule has 2 nitrogen and oxygen atoms in total. The number of hydrogen-bond acceptors (Lipinski definition) is 4. The van der Waals surface area contributed by atoms with Crippen molar-refractivity contribution in [1.29, 1.82) is 0 Å². The Morgan fingerprint density at radius 3 is 2.20 bits per heavy atom. The first-order valence-electron chi connectivity index (χ1n) is 8.24. The van der Waals surface area contributed by atoms with Gasteiger partial charge in [-0.3, -0.25) is 4.90 Å². The van der Waals surface area contributed by atoms with Crippen LogP contribution in [-0.2, 0) is 0 Å². The van der Waals surface area contributed by atoms with Crippen LogP contribution < -0.4 is 16.5 Å². The molecule has 3 rings (SSSR count). The maximum absolute atomic E-state index is 6.39. The standard InChI is InChI=1S/C17H21B3N2S3/c1-7-8(2)12(18)13(19)14-10(7)11(15(20)21-14)9-5-16(3,23)22(4)17(24,25)6-9/h9,21,23-25H,5-6H2,1-4H3. The molecule has 2 aromatic rings. The number of piperidine rings is 1. The van der Waals surface area contributed by atoms with Crippen LogP contribution in [0.25, 0.3) is 10.9 Å². The van der Waals surface area contributed by atoms with Crippen LogP contribution in [0.15, 0.2) is 0 Å². The molecule has 1 saturated heterocycles. The molecule has 0 aliphatic carbocycles. The van der Waals surface area contributed by atoms with Crippen molar-refractivity contribution < 1.29 is 0 Å². The molecule has 1 fully saturated rings. The summed E-state index contributed by atoms with van der Waals surface area (Å²) in [5.74, 6) is 0.156. The zero-order valence-electron chi connectivity index (χ0n) is 15.0. The number of hydrogen-bond donors (Lipinski definition) is 4. The fourth-order valence-electron chi connectivity index (χ4n) is 4.01. The Kier molecular flexibility index (Phi) is 4.93. The van der Waals surface area contributed by atoms with E-state index in [4.69, 9.17) is 61.4 Å². The monoisotopic (exact) mass is 382 g/mol. The van der Waals surface area contributed by atoms with E-state index >= 15 is 0 Å². The van der Waals surface area contributed by atoms with Crippen molar-refractivity contribution in [2.75, 3.05) is 7.05 Å². The Labute approximate surface area is 170 Å². The Morgan fingerprint density at radius 2 is 1.64 bits per heavy atom. The fourth-order valence-corrected chi connectivity index (χ4v) is 5.44. The molecule has 2 atom stereocenters. The molecule has 0 amide bonds. The number of nitrogens with zero attached hydrogens (tertiary/aromatic N) is 1. The van der Waals surface area contributed by atoms with E-state index in [2.05, 4.69) is 23.7 Å². The highest BCUT2D eigenvalue weighted by Crippen LogP contribution is 2.50. The second kappa shape index (κ2) is 6.25. The van der Waals surface area contributed by atoms with Crippen LogP contribution in [0.5, 0.6) is 0 Å². The van der Waals surface area contributed by atoms with Gasteiger partial charge < -0.3 is 4.98 Å². The van der Waals surface area contributed by atoms with Gasteiger partial charge in [0.25, 0.3) is 0 Å². The number of benzene rings is 1. The number of fused-ring (bicyclic) bond motifs is 1. The van der Waals surface area contributed by atoms with Gasteiger partial charge in [-0.15, -0.1) is 25.3 Å². The summed E-state index contributed by atoms with van der Waals surface area (Å²) in [6.45, 7) is 6.14. The third-order valence-corrected chi connectivity index (χ3v) is 7.24. The molecule has 1 aromatic heterocycles. The number of aromatic nitrogens is 1. The van der Waals surface area contributed by atoms with Gasteiger partial charge in [-0.05, 0) is 63.3 Å². The van der Waals surface area contributed by atoms with Gasteiger partial charge in [0.1, 0.15) is 27.7 Å². The fraction of sp³-hybridized carbons (Fsp3) is 0.529. The molecular weight excluding hydrogens is 361 g/mol. The van der Waals surface area contributed by atoms with Gasteiger partial charge in [-0.25, -0.2) is 0 Å². The second-order valence-corrected chi connectivity index (χ2v) is 10.2. The number of aryl methyl sites for hydroxylation is 1. The molecule has 25 heavy (non-hydrogen) atoms. The molecule has 1 aliphatic heterocycles. The van der Waals surface area contributed by atoms with Crippen molar-refractivity contribution in [3.63, 3.8) is 0 Å². The van der Waals surface area contributed by atoms with Crippen LogP contribution in [0.4, 0.5) is 0 Å². The second-order valence-electron chi connectivity index (χ2n) is 7.44. The summed E-state index contributed by atoms with van der Waals surface area (Å²) in [6.07, 6.45) is 1.57. The lowest BCUT2D eigenvalue weighted by atomic mass is 9.73. The predicted molar refractivity (Wildman–Crippen MR) is 122 cm³/mol. The molecule has 1 aliphatic rings. The first-order valence-corrected chi connectivity index (χ1v) is 9.59. The Morgan fingerprint density at radius 1 is 1.04 bits per heavy atom. The van der Waals surface area contributed by atoms with Gasteiger partial charge in [0.05, 0.1) is 4.87 Å². The van der Waals surface area contributed by atoms with Gasteiger partial charge in [0, 0.05) is 10.9 Å². The molecule has 6 radical (unpaired) electrons. The van der Waals surface area contributed by atoms with Crippen molar-refractivity contribution in [2.45, 2.75) is 48.6 Å². The third kappa shape index (κ3) is 3.01. The van der Waals surface area contributed by atoms with Crippen LogP contribution in [-0.4, -0.2) is 49.5 Å². The number of H-pyrrole nitrogens is 1. The van der Waals surface area contributed by atoms with Crippen molar-refractivity contribution in [1.82, 2.24) is 9.88 Å². The molecule has 1 N–H and O–H groups in total. The normalized spacial score (nSPS) is 27.1. The van der Waals surface area contributed by atoms with Gasteiger partial charge in [-0.1, -0.05) is 16.5 Å². The third-order valence-electron chi connectivity index (χ3n) is 5.79. The maximum Gasteiger partial charge on any atom is 0.138 e. The zero-order valence-corrected chi connectivity index (χ0v) is 17.7. The highest BCUT2D eigenvalue weighted by molar-refractivity contribution is 8.00. The number of aromatic amines is 1. The topological polar surface area (TPSA) is 19.0 Å². The average Bonchev–Trinajstić information content (AvgIpc) is 2.85. The zero-order chi connectivity index (χ0) is 18.9. The molecule has 2 heterocycles. The van der Waals surface area contributed by atoms with E-state index in [9.17, 15) is 0 Å². The summed E-state index contributed by atoms with van der Waals surface area (Å²) in [5, 5.41) is 1.07. The van der Waals surface area contributed by atoms with Gasteiger partial charge in [0.2, 0.25) is 0 Å². The Bertz CT molecular complexity index is 843. The predicted octanol–water partition coefficient (Wildman–Crippen LogP) is 1.13. The largest absolute Gasteiger partial charge is 0.368 e. The number of rotatable bonds is 1. The smallest absolute Gasteiger partial charge is 0.138 e. The van der Waals surface area contributed by atoms with E-state index in [0.29, 0.717) is 16.5 Å². The quantitative estimate of drug-likeness (QED) is 0.331. The minimum atomic E-state index is -0.586. The summed E-state index contributed by atoms with van der Waals surface area (Å²) in [4.78, 5) is 4.98. The van der Waals surface area contributed by atoms with Crippen LogP contribution in [0, 0.1) is 13.8 Å². The summed E-state index contributed by atoms with van der Waals surface area (Å²) in [5.41, 5.74) is 5.78. The van der Waals surface area contributed by atoms with Crippen LogP contribution >= 0.6 is 37.9 Å². The number of thiol groups is 3. The minimum Gasteiger partial charge on any atom is -0.368 e. The van der Waals surface area contributed by atoms with Crippen molar-refractivity contribution in [2.24, 2.45) is 0 Å². The summed E-state index contributed by atoms with van der Waals surface area (Å²) in [7, 11) is 20.8. The Balaban J connectivity index is 2.25. The van der Waals surface area contributed by atoms with Gasteiger partial charge in [0.15, 0.2) is 0 Å². The highest BCUT2D eigenvalue weighted by Gasteiger charge is 2.46. The average molecular weight is 382 g/mol. The van der Waals surface area contributed by atoms with Crippen LogP contribution in [0.2, 0.25) is 0 Å². The maximum atomic E-state index is 6.39. The first-order chi connectivity index (χ1) is 11.4. The summed E-state index contributed by atoms with van der Waals surface area (Å²) in [6, 6.07) is 0. The highest BCUT2D eigenvalue weighted by atomic mass is 32.2. The van der Waals surface area contributed by atoms with Crippen molar-refractivity contribution >= 4 is 88.8 Å². The van der Waals surface area contributed by atoms with E-state index < -0.39 is 4.20 Å². The van der Waals surface area contributed by atoms with Crippen molar-refractivity contribution in [3.8, 4) is 0 Å². The summed E-state index contributed by atoms with van der Waals surface area (Å²) >= 11 is 14.4. The SMILES string of the molecule is [B]c1[nH]c2c([B])c([B])c(C)c(C)c2c1C1CC(C)(S)N(C)C(S)(S)C1. The molecule has 2 unspecified atom stereocenters. The van der Waals surface area contributed by atoms with Gasteiger partial charge >= 0.3 is 0 Å². The molecule has 0 spiro atoms. The van der Waals surface area contributed by atoms with E-state index in [1.165, 1.54) is 0 Å². The van der Waals surface area contributed by atoms with E-state index in [1.807, 2.05) is 14.0 Å². The molecule has 0 bridgehead atoms. The molecule has 8 heteroatoms. The minimum absolute atomic E-state index is 0.156. The summed E-state index contributed by atoms with van der Waals surface area (Å²) < 4.78 is -0.586. The number of nitrogens with one attached hydrogen (secondary N) is 1. The molecule has 126 valence electrons. The first kappa shape index (κ1) is 19.7.